The summed E-state index contributed by atoms with van der Waals surface area (Å²) < 4.78 is 0. The molecule has 0 fully saturated rings. The fraction of sp³-hybridized carbons (Fsp3) is 0.136. The maximum Gasteiger partial charge on any atom is 0.159 e. The van der Waals surface area contributed by atoms with E-state index < -0.39 is 0 Å². The van der Waals surface area contributed by atoms with E-state index >= 15 is 0 Å². The number of amidine groups is 1. The fourth-order valence-corrected chi connectivity index (χ4v) is 3.24. The standard InChI is InChI=1S/C22H22N2S/c1-16-8-9-17(2)21(14-16)24-22(23)25-15-18-10-12-20(13-11-18)19-6-4-3-5-7-19/h3-14H,15H2,1-2H3,(H2,23,24). The fourth-order valence-electron chi connectivity index (χ4n) is 2.57. The third kappa shape index (κ3) is 4.74. The van der Waals surface area contributed by atoms with Gasteiger partial charge in [-0.3, -0.25) is 0 Å². The Morgan fingerprint density at radius 1 is 0.880 bits per heavy atom. The van der Waals surface area contributed by atoms with E-state index in [4.69, 9.17) is 5.73 Å². The topological polar surface area (TPSA) is 38.4 Å². The average Bonchev–Trinajstić information content (AvgIpc) is 2.64. The van der Waals surface area contributed by atoms with Gasteiger partial charge in [0.25, 0.3) is 0 Å². The van der Waals surface area contributed by atoms with Gasteiger partial charge in [-0.05, 0) is 47.7 Å². The molecule has 0 spiro atoms. The van der Waals surface area contributed by atoms with Gasteiger partial charge in [0.05, 0.1) is 5.69 Å². The van der Waals surface area contributed by atoms with Gasteiger partial charge in [0.1, 0.15) is 0 Å². The molecule has 0 saturated carbocycles. The zero-order valence-corrected chi connectivity index (χ0v) is 15.4. The summed E-state index contributed by atoms with van der Waals surface area (Å²) >= 11 is 1.57. The summed E-state index contributed by atoms with van der Waals surface area (Å²) in [5, 5.41) is 0.598. The Morgan fingerprint density at radius 2 is 1.56 bits per heavy atom. The van der Waals surface area contributed by atoms with Gasteiger partial charge in [-0.1, -0.05) is 78.5 Å². The highest BCUT2D eigenvalue weighted by Crippen LogP contribution is 2.23. The van der Waals surface area contributed by atoms with Crippen molar-refractivity contribution in [1.82, 2.24) is 0 Å². The van der Waals surface area contributed by atoms with Crippen molar-refractivity contribution in [2.75, 3.05) is 0 Å². The van der Waals surface area contributed by atoms with Crippen molar-refractivity contribution in [1.29, 1.82) is 0 Å². The second-order valence-corrected chi connectivity index (χ2v) is 7.09. The molecule has 0 saturated heterocycles. The molecular formula is C22H22N2S. The van der Waals surface area contributed by atoms with Crippen LogP contribution >= 0.6 is 11.8 Å². The highest BCUT2D eigenvalue weighted by atomic mass is 32.2. The van der Waals surface area contributed by atoms with Gasteiger partial charge < -0.3 is 5.73 Å². The van der Waals surface area contributed by atoms with Crippen LogP contribution in [0.4, 0.5) is 5.69 Å². The molecule has 2 nitrogen and oxygen atoms in total. The van der Waals surface area contributed by atoms with E-state index in [-0.39, 0.29) is 0 Å². The first-order valence-electron chi connectivity index (χ1n) is 8.30. The van der Waals surface area contributed by atoms with Gasteiger partial charge in [-0.15, -0.1) is 0 Å². The molecule has 0 radical (unpaired) electrons. The second-order valence-electron chi connectivity index (χ2n) is 6.09. The predicted octanol–water partition coefficient (Wildman–Crippen LogP) is 5.85. The summed E-state index contributed by atoms with van der Waals surface area (Å²) in [7, 11) is 0. The maximum atomic E-state index is 6.11. The predicted molar refractivity (Wildman–Crippen MR) is 110 cm³/mol. The lowest BCUT2D eigenvalue weighted by molar-refractivity contribution is 1.35. The largest absolute Gasteiger partial charge is 0.378 e. The number of nitrogens with zero attached hydrogens (tertiary/aromatic N) is 1. The van der Waals surface area contributed by atoms with E-state index in [1.165, 1.54) is 22.3 Å². The van der Waals surface area contributed by atoms with Crippen molar-refractivity contribution in [3.05, 3.63) is 89.5 Å². The molecule has 0 heterocycles. The molecule has 0 amide bonds. The molecule has 3 aromatic rings. The summed E-state index contributed by atoms with van der Waals surface area (Å²) in [6.45, 7) is 4.12. The molecule has 3 rings (SSSR count). The van der Waals surface area contributed by atoms with Gasteiger partial charge in [0.2, 0.25) is 0 Å². The highest BCUT2D eigenvalue weighted by Gasteiger charge is 2.02. The van der Waals surface area contributed by atoms with Crippen molar-refractivity contribution in [3.63, 3.8) is 0 Å². The minimum absolute atomic E-state index is 0.598. The van der Waals surface area contributed by atoms with Gasteiger partial charge in [0, 0.05) is 5.75 Å². The van der Waals surface area contributed by atoms with Crippen LogP contribution in [0, 0.1) is 13.8 Å². The minimum atomic E-state index is 0.598. The maximum absolute atomic E-state index is 6.11. The zero-order chi connectivity index (χ0) is 17.6. The number of nitrogens with two attached hydrogens (primary N) is 1. The van der Waals surface area contributed by atoms with E-state index in [1.54, 1.807) is 11.8 Å². The quantitative estimate of drug-likeness (QED) is 0.475. The van der Waals surface area contributed by atoms with Gasteiger partial charge >= 0.3 is 0 Å². The van der Waals surface area contributed by atoms with Crippen LogP contribution in [0.15, 0.2) is 77.8 Å². The number of aryl methyl sites for hydroxylation is 2. The summed E-state index contributed by atoms with van der Waals surface area (Å²) in [5.41, 5.74) is 13.1. The lowest BCUT2D eigenvalue weighted by atomic mass is 10.0. The Hall–Kier alpha value is -2.52. The number of hydrogen-bond acceptors (Lipinski definition) is 2. The van der Waals surface area contributed by atoms with Crippen LogP contribution < -0.4 is 5.73 Å². The SMILES string of the molecule is Cc1ccc(C)c(N=C(N)SCc2ccc(-c3ccccc3)cc2)c1. The monoisotopic (exact) mass is 346 g/mol. The third-order valence-electron chi connectivity index (χ3n) is 4.04. The molecule has 25 heavy (non-hydrogen) atoms. The molecule has 0 aromatic heterocycles. The van der Waals surface area contributed by atoms with Gasteiger partial charge in [-0.2, -0.15) is 0 Å². The van der Waals surface area contributed by atoms with E-state index in [0.29, 0.717) is 5.17 Å². The zero-order valence-electron chi connectivity index (χ0n) is 14.6. The number of aliphatic imine (C=N–C) groups is 1. The van der Waals surface area contributed by atoms with Gasteiger partial charge in [0.15, 0.2) is 5.17 Å². The summed E-state index contributed by atoms with van der Waals surface area (Å²) in [6, 6.07) is 25.3. The molecule has 0 unspecified atom stereocenters. The lowest BCUT2D eigenvalue weighted by Crippen LogP contribution is -2.06. The van der Waals surface area contributed by atoms with Gasteiger partial charge in [-0.25, -0.2) is 4.99 Å². The lowest BCUT2D eigenvalue weighted by Gasteiger charge is -2.06. The van der Waals surface area contributed by atoms with Crippen molar-refractivity contribution < 1.29 is 0 Å². The Bertz CT molecular complexity index is 868. The first-order chi connectivity index (χ1) is 12.1. The Balaban J connectivity index is 1.65. The summed E-state index contributed by atoms with van der Waals surface area (Å²) in [4.78, 5) is 4.56. The number of benzene rings is 3. The Kier molecular flexibility index (Phi) is 5.56. The number of rotatable bonds is 4. The normalized spacial score (nSPS) is 11.5. The average molecular weight is 346 g/mol. The van der Waals surface area contributed by atoms with E-state index in [9.17, 15) is 0 Å². The molecule has 0 bridgehead atoms. The van der Waals surface area contributed by atoms with E-state index in [0.717, 1.165) is 17.0 Å². The molecule has 126 valence electrons. The highest BCUT2D eigenvalue weighted by molar-refractivity contribution is 8.13. The summed E-state index contributed by atoms with van der Waals surface area (Å²) in [6.07, 6.45) is 0. The minimum Gasteiger partial charge on any atom is -0.378 e. The van der Waals surface area contributed by atoms with Crippen LogP contribution in [0.5, 0.6) is 0 Å². The first-order valence-corrected chi connectivity index (χ1v) is 9.29. The molecule has 3 heteroatoms. The van der Waals surface area contributed by atoms with Crippen LogP contribution in [-0.2, 0) is 5.75 Å². The molecule has 0 aliphatic heterocycles. The van der Waals surface area contributed by atoms with Crippen LogP contribution in [0.2, 0.25) is 0 Å². The van der Waals surface area contributed by atoms with Crippen molar-refractivity contribution in [2.45, 2.75) is 19.6 Å². The van der Waals surface area contributed by atoms with Crippen LogP contribution in [0.25, 0.3) is 11.1 Å². The molecule has 3 aromatic carbocycles. The van der Waals surface area contributed by atoms with E-state index in [2.05, 4.69) is 85.6 Å². The van der Waals surface area contributed by atoms with Crippen molar-refractivity contribution >= 4 is 22.6 Å². The number of hydrogen-bond donors (Lipinski definition) is 1. The molecule has 0 atom stereocenters. The Morgan fingerprint density at radius 3 is 2.28 bits per heavy atom. The van der Waals surface area contributed by atoms with Crippen LogP contribution in [0.1, 0.15) is 16.7 Å². The molecular weight excluding hydrogens is 324 g/mol. The van der Waals surface area contributed by atoms with Crippen molar-refractivity contribution in [3.8, 4) is 11.1 Å². The van der Waals surface area contributed by atoms with Crippen LogP contribution in [-0.4, -0.2) is 5.17 Å². The van der Waals surface area contributed by atoms with E-state index in [1.807, 2.05) is 6.07 Å². The molecule has 2 N–H and O–H groups in total. The number of thioether (sulfide) groups is 1. The first kappa shape index (κ1) is 17.3. The summed E-state index contributed by atoms with van der Waals surface area (Å²) in [5.74, 6) is 0.815. The molecule has 0 aliphatic carbocycles. The Labute approximate surface area is 153 Å². The third-order valence-corrected chi connectivity index (χ3v) is 4.91. The molecule has 0 aliphatic rings. The van der Waals surface area contributed by atoms with Crippen molar-refractivity contribution in [2.24, 2.45) is 10.7 Å². The van der Waals surface area contributed by atoms with Crippen LogP contribution in [0.3, 0.4) is 0 Å². The second kappa shape index (κ2) is 8.04. The smallest absolute Gasteiger partial charge is 0.159 e.